The van der Waals surface area contributed by atoms with E-state index >= 15 is 0 Å². The van der Waals surface area contributed by atoms with Crippen molar-refractivity contribution >= 4 is 11.8 Å². The predicted octanol–water partition coefficient (Wildman–Crippen LogP) is 1.10. The van der Waals surface area contributed by atoms with Crippen molar-refractivity contribution in [3.63, 3.8) is 0 Å². The molecule has 3 aliphatic rings. The van der Waals surface area contributed by atoms with E-state index in [1.165, 1.54) is 19.3 Å². The predicted molar refractivity (Wildman–Crippen MR) is 98.0 cm³/mol. The number of amides is 2. The van der Waals surface area contributed by atoms with Gasteiger partial charge >= 0.3 is 0 Å². The summed E-state index contributed by atoms with van der Waals surface area (Å²) in [5, 5.41) is 3.18. The molecule has 0 aromatic rings. The normalized spacial score (nSPS) is 29.4. The van der Waals surface area contributed by atoms with Gasteiger partial charge in [-0.1, -0.05) is 25.7 Å². The van der Waals surface area contributed by atoms with Crippen LogP contribution in [0.15, 0.2) is 0 Å². The molecule has 0 aromatic carbocycles. The molecule has 1 saturated heterocycles. The summed E-state index contributed by atoms with van der Waals surface area (Å²) in [5.74, 6) is 0.538. The maximum absolute atomic E-state index is 12.7. The SMILES string of the molecule is NC1CCCC(C(=O)N2CCN(CC(=O)NC3CCCCC3)CC2)C1. The van der Waals surface area contributed by atoms with Gasteiger partial charge in [0.15, 0.2) is 0 Å². The molecule has 142 valence electrons. The molecule has 6 nitrogen and oxygen atoms in total. The minimum atomic E-state index is 0.116. The lowest BCUT2D eigenvalue weighted by molar-refractivity contribution is -0.138. The van der Waals surface area contributed by atoms with Crippen molar-refractivity contribution in [2.24, 2.45) is 11.7 Å². The lowest BCUT2D eigenvalue weighted by Crippen LogP contribution is -2.53. The van der Waals surface area contributed by atoms with Gasteiger partial charge in [0.25, 0.3) is 0 Å². The van der Waals surface area contributed by atoms with Crippen LogP contribution in [0.3, 0.4) is 0 Å². The standard InChI is InChI=1S/C19H34N4O2/c20-16-6-4-5-15(13-16)19(25)23-11-9-22(10-12-23)14-18(24)21-17-7-2-1-3-8-17/h15-17H,1-14,20H2,(H,21,24). The van der Waals surface area contributed by atoms with E-state index in [9.17, 15) is 9.59 Å². The molecule has 2 aliphatic carbocycles. The first-order valence-electron chi connectivity index (χ1n) is 10.2. The van der Waals surface area contributed by atoms with Crippen molar-refractivity contribution in [2.45, 2.75) is 69.9 Å². The minimum Gasteiger partial charge on any atom is -0.352 e. The van der Waals surface area contributed by atoms with Crippen LogP contribution in [0.5, 0.6) is 0 Å². The van der Waals surface area contributed by atoms with Crippen LogP contribution in [-0.4, -0.2) is 66.4 Å². The van der Waals surface area contributed by atoms with Gasteiger partial charge in [-0.25, -0.2) is 0 Å². The molecule has 25 heavy (non-hydrogen) atoms. The van der Waals surface area contributed by atoms with Crippen LogP contribution in [-0.2, 0) is 9.59 Å². The zero-order valence-corrected chi connectivity index (χ0v) is 15.4. The van der Waals surface area contributed by atoms with Gasteiger partial charge in [0, 0.05) is 44.2 Å². The van der Waals surface area contributed by atoms with Gasteiger partial charge in [0.2, 0.25) is 11.8 Å². The van der Waals surface area contributed by atoms with Gasteiger partial charge < -0.3 is 16.0 Å². The van der Waals surface area contributed by atoms with E-state index in [0.717, 1.165) is 64.7 Å². The molecule has 2 amide bonds. The van der Waals surface area contributed by atoms with E-state index in [1.54, 1.807) is 0 Å². The molecule has 0 aromatic heterocycles. The third kappa shape index (κ3) is 5.42. The highest BCUT2D eigenvalue weighted by Gasteiger charge is 2.31. The summed E-state index contributed by atoms with van der Waals surface area (Å²) in [6.07, 6.45) is 9.95. The molecular weight excluding hydrogens is 316 g/mol. The second kappa shape index (κ2) is 8.99. The summed E-state index contributed by atoms with van der Waals surface area (Å²) < 4.78 is 0. The molecule has 6 heteroatoms. The van der Waals surface area contributed by atoms with E-state index in [4.69, 9.17) is 5.73 Å². The number of piperazine rings is 1. The highest BCUT2D eigenvalue weighted by Crippen LogP contribution is 2.25. The average molecular weight is 351 g/mol. The zero-order valence-electron chi connectivity index (χ0n) is 15.4. The van der Waals surface area contributed by atoms with E-state index in [2.05, 4.69) is 10.2 Å². The van der Waals surface area contributed by atoms with Crippen LogP contribution < -0.4 is 11.1 Å². The number of nitrogens with zero attached hydrogens (tertiary/aromatic N) is 2. The number of rotatable bonds is 4. The highest BCUT2D eigenvalue weighted by atomic mass is 16.2. The van der Waals surface area contributed by atoms with E-state index in [-0.39, 0.29) is 23.8 Å². The lowest BCUT2D eigenvalue weighted by Gasteiger charge is -2.37. The molecule has 1 aliphatic heterocycles. The Hall–Kier alpha value is -1.14. The third-order valence-corrected chi connectivity index (χ3v) is 6.09. The van der Waals surface area contributed by atoms with Crippen molar-refractivity contribution in [3.05, 3.63) is 0 Å². The topological polar surface area (TPSA) is 78.7 Å². The first-order chi connectivity index (χ1) is 12.1. The second-order valence-electron chi connectivity index (χ2n) is 8.13. The smallest absolute Gasteiger partial charge is 0.234 e. The van der Waals surface area contributed by atoms with Gasteiger partial charge in [0.05, 0.1) is 6.54 Å². The minimum absolute atomic E-state index is 0.116. The van der Waals surface area contributed by atoms with Gasteiger partial charge in [-0.15, -0.1) is 0 Å². The summed E-state index contributed by atoms with van der Waals surface area (Å²) >= 11 is 0. The van der Waals surface area contributed by atoms with Crippen LogP contribution in [0.25, 0.3) is 0 Å². The van der Waals surface area contributed by atoms with Gasteiger partial charge in [0.1, 0.15) is 0 Å². The Morgan fingerprint density at radius 3 is 2.32 bits per heavy atom. The van der Waals surface area contributed by atoms with Crippen molar-refractivity contribution in [3.8, 4) is 0 Å². The molecule has 3 N–H and O–H groups in total. The van der Waals surface area contributed by atoms with E-state index in [0.29, 0.717) is 12.6 Å². The highest BCUT2D eigenvalue weighted by molar-refractivity contribution is 5.79. The monoisotopic (exact) mass is 350 g/mol. The number of carbonyl (C=O) groups excluding carboxylic acids is 2. The molecule has 1 heterocycles. The maximum Gasteiger partial charge on any atom is 0.234 e. The van der Waals surface area contributed by atoms with Crippen molar-refractivity contribution in [1.82, 2.24) is 15.1 Å². The Kier molecular flexibility index (Phi) is 6.70. The van der Waals surface area contributed by atoms with E-state index < -0.39 is 0 Å². The van der Waals surface area contributed by atoms with Gasteiger partial charge in [-0.05, 0) is 32.1 Å². The fourth-order valence-corrected chi connectivity index (χ4v) is 4.56. The van der Waals surface area contributed by atoms with Crippen LogP contribution in [0, 0.1) is 5.92 Å². The summed E-state index contributed by atoms with van der Waals surface area (Å²) in [7, 11) is 0. The first kappa shape index (κ1) is 18.6. The quantitative estimate of drug-likeness (QED) is 0.796. The van der Waals surface area contributed by atoms with Gasteiger partial charge in [-0.3, -0.25) is 14.5 Å². The Morgan fingerprint density at radius 1 is 0.920 bits per heavy atom. The fraction of sp³-hybridized carbons (Fsp3) is 0.895. The second-order valence-corrected chi connectivity index (χ2v) is 8.13. The average Bonchev–Trinajstić information content (AvgIpc) is 2.62. The number of nitrogens with one attached hydrogen (secondary N) is 1. The Balaban J connectivity index is 1.37. The maximum atomic E-state index is 12.7. The van der Waals surface area contributed by atoms with Crippen LogP contribution in [0.1, 0.15) is 57.8 Å². The van der Waals surface area contributed by atoms with Crippen LogP contribution in [0.4, 0.5) is 0 Å². The number of hydrogen-bond acceptors (Lipinski definition) is 4. The van der Waals surface area contributed by atoms with Crippen LogP contribution >= 0.6 is 0 Å². The first-order valence-corrected chi connectivity index (χ1v) is 10.2. The number of carbonyl (C=O) groups is 2. The molecular formula is C19H34N4O2. The molecule has 2 saturated carbocycles. The molecule has 2 unspecified atom stereocenters. The van der Waals surface area contributed by atoms with E-state index in [1.807, 2.05) is 4.90 Å². The molecule has 0 bridgehead atoms. The molecule has 3 fully saturated rings. The van der Waals surface area contributed by atoms with Crippen molar-refractivity contribution in [2.75, 3.05) is 32.7 Å². The summed E-state index contributed by atoms with van der Waals surface area (Å²) in [6, 6.07) is 0.562. The van der Waals surface area contributed by atoms with Crippen LogP contribution in [0.2, 0.25) is 0 Å². The fourth-order valence-electron chi connectivity index (χ4n) is 4.56. The third-order valence-electron chi connectivity index (χ3n) is 6.09. The van der Waals surface area contributed by atoms with Gasteiger partial charge in [-0.2, -0.15) is 0 Å². The molecule has 0 spiro atoms. The van der Waals surface area contributed by atoms with Crippen molar-refractivity contribution in [1.29, 1.82) is 0 Å². The number of nitrogens with two attached hydrogens (primary N) is 1. The number of hydrogen-bond donors (Lipinski definition) is 2. The Bertz CT molecular complexity index is 456. The largest absolute Gasteiger partial charge is 0.352 e. The Morgan fingerprint density at radius 2 is 1.64 bits per heavy atom. The molecule has 0 radical (unpaired) electrons. The summed E-state index contributed by atoms with van der Waals surface area (Å²) in [4.78, 5) is 29.1. The molecule has 2 atom stereocenters. The lowest BCUT2D eigenvalue weighted by atomic mass is 9.85. The Labute approximate surface area is 151 Å². The van der Waals surface area contributed by atoms with Crippen molar-refractivity contribution < 1.29 is 9.59 Å². The molecule has 3 rings (SSSR count). The zero-order chi connectivity index (χ0) is 17.6. The summed E-state index contributed by atoms with van der Waals surface area (Å²) in [5.41, 5.74) is 6.02. The summed E-state index contributed by atoms with van der Waals surface area (Å²) in [6.45, 7) is 3.53.